The summed E-state index contributed by atoms with van der Waals surface area (Å²) >= 11 is 6.62. The van der Waals surface area contributed by atoms with Crippen molar-refractivity contribution in [2.45, 2.75) is 12.8 Å². The van der Waals surface area contributed by atoms with E-state index in [0.29, 0.717) is 0 Å². The number of ketones is 1. The lowest BCUT2D eigenvalue weighted by molar-refractivity contribution is -0.136. The van der Waals surface area contributed by atoms with Gasteiger partial charge in [0.25, 0.3) is 0 Å². The molecule has 0 unspecified atom stereocenters. The molecule has 1 N–H and O–H groups in total. The first-order chi connectivity index (χ1) is 6.09. The molecule has 0 aromatic carbocycles. The number of hydrogen-bond donors (Lipinski definition) is 1. The fourth-order valence-electron chi connectivity index (χ4n) is 0.710. The number of halogens is 1. The predicted molar refractivity (Wildman–Crippen MR) is 48.3 cm³/mol. The van der Waals surface area contributed by atoms with E-state index in [1.807, 2.05) is 0 Å². The molecule has 1 aromatic rings. The van der Waals surface area contributed by atoms with Crippen LogP contribution in [0.1, 0.15) is 22.6 Å². The standard InChI is InChI=1S/C7H6ClNO3S/c8-5-3-13-7(9-5)4(10)1-2-6(11)12/h3H,1-2H2,(H,11,12). The van der Waals surface area contributed by atoms with Crippen LogP contribution in [0.5, 0.6) is 0 Å². The van der Waals surface area contributed by atoms with Crippen molar-refractivity contribution in [2.75, 3.05) is 0 Å². The number of aliphatic carboxylic acids is 1. The number of Topliss-reactive ketones (excluding diaryl/α,β-unsaturated/α-hetero) is 1. The Morgan fingerprint density at radius 1 is 1.54 bits per heavy atom. The lowest BCUT2D eigenvalue weighted by atomic mass is 10.2. The number of nitrogens with zero attached hydrogens (tertiary/aromatic N) is 1. The molecule has 0 aliphatic heterocycles. The quantitative estimate of drug-likeness (QED) is 0.785. The van der Waals surface area contributed by atoms with Crippen LogP contribution in [0.25, 0.3) is 0 Å². The highest BCUT2D eigenvalue weighted by molar-refractivity contribution is 7.12. The highest BCUT2D eigenvalue weighted by Crippen LogP contribution is 2.16. The molecule has 0 saturated carbocycles. The van der Waals surface area contributed by atoms with Gasteiger partial charge >= 0.3 is 5.97 Å². The Hall–Kier alpha value is -0.940. The van der Waals surface area contributed by atoms with Gasteiger partial charge in [0, 0.05) is 11.8 Å². The largest absolute Gasteiger partial charge is 0.481 e. The molecule has 0 aliphatic carbocycles. The number of carboxylic acids is 1. The van der Waals surface area contributed by atoms with Gasteiger partial charge < -0.3 is 5.11 Å². The topological polar surface area (TPSA) is 67.3 Å². The lowest BCUT2D eigenvalue weighted by Crippen LogP contribution is -2.03. The van der Waals surface area contributed by atoms with Gasteiger partial charge in [-0.2, -0.15) is 0 Å². The Balaban J connectivity index is 2.54. The number of rotatable bonds is 4. The summed E-state index contributed by atoms with van der Waals surface area (Å²) in [6.07, 6.45) is -0.199. The number of carbonyl (C=O) groups excluding carboxylic acids is 1. The van der Waals surface area contributed by atoms with E-state index in [4.69, 9.17) is 16.7 Å². The summed E-state index contributed by atoms with van der Waals surface area (Å²) in [6.45, 7) is 0. The zero-order valence-corrected chi connectivity index (χ0v) is 8.06. The van der Waals surface area contributed by atoms with E-state index in [1.165, 1.54) is 5.38 Å². The third-order valence-electron chi connectivity index (χ3n) is 1.28. The van der Waals surface area contributed by atoms with Gasteiger partial charge in [-0.05, 0) is 0 Å². The molecule has 1 heterocycles. The lowest BCUT2D eigenvalue weighted by Gasteiger charge is -1.91. The highest BCUT2D eigenvalue weighted by Gasteiger charge is 2.11. The molecule has 0 fully saturated rings. The van der Waals surface area contributed by atoms with Crippen LogP contribution in [0.2, 0.25) is 5.15 Å². The molecule has 1 rings (SSSR count). The van der Waals surface area contributed by atoms with Gasteiger partial charge in [0.1, 0.15) is 5.15 Å². The molecule has 0 radical (unpaired) electrons. The average Bonchev–Trinajstić information content (AvgIpc) is 2.47. The monoisotopic (exact) mass is 219 g/mol. The zero-order chi connectivity index (χ0) is 9.84. The molecule has 13 heavy (non-hydrogen) atoms. The summed E-state index contributed by atoms with van der Waals surface area (Å²) in [5.74, 6) is -1.27. The summed E-state index contributed by atoms with van der Waals surface area (Å²) < 4.78 is 0. The molecule has 0 atom stereocenters. The van der Waals surface area contributed by atoms with Gasteiger partial charge in [0.2, 0.25) is 0 Å². The highest BCUT2D eigenvalue weighted by atomic mass is 35.5. The van der Waals surface area contributed by atoms with E-state index in [0.717, 1.165) is 11.3 Å². The van der Waals surface area contributed by atoms with E-state index in [9.17, 15) is 9.59 Å². The van der Waals surface area contributed by atoms with Crippen molar-refractivity contribution in [3.05, 3.63) is 15.5 Å². The van der Waals surface area contributed by atoms with Gasteiger partial charge in [-0.3, -0.25) is 9.59 Å². The Kier molecular flexibility index (Phi) is 3.39. The molecule has 70 valence electrons. The van der Waals surface area contributed by atoms with Crippen molar-refractivity contribution in [3.63, 3.8) is 0 Å². The van der Waals surface area contributed by atoms with Gasteiger partial charge in [-0.15, -0.1) is 11.3 Å². The summed E-state index contributed by atoms with van der Waals surface area (Å²) in [7, 11) is 0. The van der Waals surface area contributed by atoms with Gasteiger partial charge in [-0.1, -0.05) is 11.6 Å². The van der Waals surface area contributed by atoms with Crippen LogP contribution < -0.4 is 0 Å². The third kappa shape index (κ3) is 3.12. The molecular weight excluding hydrogens is 214 g/mol. The number of carboxylic acid groups (broad SMARTS) is 1. The van der Waals surface area contributed by atoms with Crippen molar-refractivity contribution in [2.24, 2.45) is 0 Å². The minimum atomic E-state index is -0.990. The fourth-order valence-corrected chi connectivity index (χ4v) is 1.62. The number of carbonyl (C=O) groups is 2. The Bertz CT molecular complexity index is 336. The normalized spacial score (nSPS) is 9.92. The first-order valence-corrected chi connectivity index (χ1v) is 4.71. The van der Waals surface area contributed by atoms with Crippen LogP contribution in [-0.4, -0.2) is 21.8 Å². The number of thiazole rings is 1. The van der Waals surface area contributed by atoms with Crippen LogP contribution in [-0.2, 0) is 4.79 Å². The third-order valence-corrected chi connectivity index (χ3v) is 2.49. The minimum absolute atomic E-state index is 0.0286. The maximum absolute atomic E-state index is 11.2. The molecule has 0 aliphatic rings. The number of aromatic nitrogens is 1. The average molecular weight is 220 g/mol. The van der Waals surface area contributed by atoms with Crippen molar-refractivity contribution in [1.29, 1.82) is 0 Å². The van der Waals surface area contributed by atoms with Crippen molar-refractivity contribution in [1.82, 2.24) is 4.98 Å². The minimum Gasteiger partial charge on any atom is -0.481 e. The van der Waals surface area contributed by atoms with Crippen LogP contribution in [0, 0.1) is 0 Å². The maximum atomic E-state index is 11.2. The summed E-state index contributed by atoms with van der Waals surface area (Å²) in [5, 5.41) is 10.4. The second-order valence-electron chi connectivity index (χ2n) is 2.29. The molecule has 6 heteroatoms. The van der Waals surface area contributed by atoms with E-state index in [2.05, 4.69) is 4.98 Å². The molecule has 4 nitrogen and oxygen atoms in total. The summed E-state index contributed by atoms with van der Waals surface area (Å²) in [6, 6.07) is 0. The Morgan fingerprint density at radius 2 is 2.23 bits per heavy atom. The molecule has 1 aromatic heterocycles. The van der Waals surface area contributed by atoms with Gasteiger partial charge in [0.05, 0.1) is 6.42 Å². The second-order valence-corrected chi connectivity index (χ2v) is 3.54. The molecule has 0 bridgehead atoms. The molecular formula is C7H6ClNO3S. The summed E-state index contributed by atoms with van der Waals surface area (Å²) in [5.41, 5.74) is 0. The van der Waals surface area contributed by atoms with Crippen molar-refractivity contribution < 1.29 is 14.7 Å². The van der Waals surface area contributed by atoms with Crippen LogP contribution in [0.3, 0.4) is 0 Å². The van der Waals surface area contributed by atoms with Crippen molar-refractivity contribution in [3.8, 4) is 0 Å². The van der Waals surface area contributed by atoms with Crippen LogP contribution in [0.15, 0.2) is 5.38 Å². The SMILES string of the molecule is O=C(O)CCC(=O)c1nc(Cl)cs1. The van der Waals surface area contributed by atoms with Crippen molar-refractivity contribution >= 4 is 34.7 Å². The first kappa shape index (κ1) is 10.1. The van der Waals surface area contributed by atoms with E-state index in [-0.39, 0.29) is 28.8 Å². The van der Waals surface area contributed by atoms with Crippen LogP contribution in [0.4, 0.5) is 0 Å². The van der Waals surface area contributed by atoms with Crippen LogP contribution >= 0.6 is 22.9 Å². The first-order valence-electron chi connectivity index (χ1n) is 3.45. The summed E-state index contributed by atoms with van der Waals surface area (Å²) in [4.78, 5) is 25.1. The number of hydrogen-bond acceptors (Lipinski definition) is 4. The smallest absolute Gasteiger partial charge is 0.303 e. The molecule has 0 amide bonds. The predicted octanol–water partition coefficient (Wildman–Crippen LogP) is 1.84. The van der Waals surface area contributed by atoms with E-state index in [1.54, 1.807) is 0 Å². The fraction of sp³-hybridized carbons (Fsp3) is 0.286. The maximum Gasteiger partial charge on any atom is 0.303 e. The van der Waals surface area contributed by atoms with Gasteiger partial charge in [-0.25, -0.2) is 4.98 Å². The molecule has 0 saturated heterocycles. The van der Waals surface area contributed by atoms with E-state index < -0.39 is 5.97 Å². The Morgan fingerprint density at radius 3 is 2.69 bits per heavy atom. The van der Waals surface area contributed by atoms with E-state index >= 15 is 0 Å². The molecule has 0 spiro atoms. The second kappa shape index (κ2) is 4.34. The van der Waals surface area contributed by atoms with Gasteiger partial charge in [0.15, 0.2) is 10.8 Å². The Labute approximate surface area is 83.2 Å². The zero-order valence-electron chi connectivity index (χ0n) is 6.49.